The van der Waals surface area contributed by atoms with Gasteiger partial charge in [0.05, 0.1) is 4.92 Å². The monoisotopic (exact) mass is 321 g/mol. The number of nitro groups is 1. The zero-order chi connectivity index (χ0) is 17.6. The van der Waals surface area contributed by atoms with Crippen LogP contribution in [0.15, 0.2) is 24.3 Å². The first-order chi connectivity index (χ1) is 10.7. The SMILES string of the molecule is CC(C)CN(CC(C)C)C(=O)C(=O)Nc1ccccc1[N+](=O)[O-]. The Kier molecular flexibility index (Phi) is 6.68. The highest BCUT2D eigenvalue weighted by molar-refractivity contribution is 6.39. The summed E-state index contributed by atoms with van der Waals surface area (Å²) in [5.74, 6) is -1.10. The number of hydrogen-bond acceptors (Lipinski definition) is 4. The molecule has 1 rings (SSSR count). The van der Waals surface area contributed by atoms with Gasteiger partial charge in [-0.1, -0.05) is 39.8 Å². The number of carbonyl (C=O) groups is 2. The van der Waals surface area contributed by atoms with Gasteiger partial charge in [0.1, 0.15) is 5.69 Å². The lowest BCUT2D eigenvalue weighted by atomic mass is 10.1. The number of benzene rings is 1. The maximum atomic E-state index is 12.3. The third-order valence-corrected chi connectivity index (χ3v) is 3.00. The van der Waals surface area contributed by atoms with Gasteiger partial charge in [-0.15, -0.1) is 0 Å². The summed E-state index contributed by atoms with van der Waals surface area (Å²) in [5.41, 5.74) is -0.224. The smallest absolute Gasteiger partial charge is 0.314 e. The summed E-state index contributed by atoms with van der Waals surface area (Å²) in [4.78, 5) is 36.4. The van der Waals surface area contributed by atoms with Gasteiger partial charge >= 0.3 is 11.8 Å². The van der Waals surface area contributed by atoms with Crippen LogP contribution in [0, 0.1) is 22.0 Å². The molecule has 0 bridgehead atoms. The maximum absolute atomic E-state index is 12.3. The third-order valence-electron chi connectivity index (χ3n) is 3.00. The van der Waals surface area contributed by atoms with Crippen LogP contribution < -0.4 is 5.32 Å². The molecular formula is C16H23N3O4. The van der Waals surface area contributed by atoms with Crippen LogP contribution in [0.2, 0.25) is 0 Å². The third kappa shape index (κ3) is 5.69. The second-order valence-electron chi connectivity index (χ2n) is 6.23. The van der Waals surface area contributed by atoms with Gasteiger partial charge in [0.25, 0.3) is 5.69 Å². The average molecular weight is 321 g/mol. The minimum Gasteiger partial charge on any atom is -0.334 e. The Labute approximate surface area is 135 Å². The minimum atomic E-state index is -0.861. The van der Waals surface area contributed by atoms with E-state index in [-0.39, 0.29) is 23.2 Å². The molecule has 0 saturated carbocycles. The number of para-hydroxylation sites is 2. The summed E-state index contributed by atoms with van der Waals surface area (Å²) >= 11 is 0. The topological polar surface area (TPSA) is 92.6 Å². The molecule has 1 aromatic rings. The lowest BCUT2D eigenvalue weighted by Crippen LogP contribution is -2.43. The highest BCUT2D eigenvalue weighted by atomic mass is 16.6. The Morgan fingerprint density at radius 3 is 2.13 bits per heavy atom. The van der Waals surface area contributed by atoms with Gasteiger partial charge < -0.3 is 10.2 Å². The van der Waals surface area contributed by atoms with Crippen LogP contribution in [0.3, 0.4) is 0 Å². The number of nitrogens with zero attached hydrogens (tertiary/aromatic N) is 2. The molecule has 0 aliphatic rings. The standard InChI is InChI=1S/C16H23N3O4/c1-11(2)9-18(10-12(3)4)16(21)15(20)17-13-7-5-6-8-14(13)19(22)23/h5-8,11-12H,9-10H2,1-4H3,(H,17,20). The molecule has 0 fully saturated rings. The molecule has 0 spiro atoms. The molecule has 0 aliphatic carbocycles. The van der Waals surface area contributed by atoms with Crippen LogP contribution in [-0.2, 0) is 9.59 Å². The first-order valence-corrected chi connectivity index (χ1v) is 7.56. The number of nitrogens with one attached hydrogen (secondary N) is 1. The zero-order valence-electron chi connectivity index (χ0n) is 13.9. The van der Waals surface area contributed by atoms with Gasteiger partial charge in [-0.05, 0) is 17.9 Å². The molecule has 0 aliphatic heterocycles. The molecule has 0 unspecified atom stereocenters. The lowest BCUT2D eigenvalue weighted by Gasteiger charge is -2.25. The van der Waals surface area contributed by atoms with E-state index in [0.29, 0.717) is 13.1 Å². The van der Waals surface area contributed by atoms with Gasteiger partial charge in [-0.2, -0.15) is 0 Å². The van der Waals surface area contributed by atoms with Crippen LogP contribution in [-0.4, -0.2) is 34.7 Å². The van der Waals surface area contributed by atoms with E-state index in [1.54, 1.807) is 6.07 Å². The largest absolute Gasteiger partial charge is 0.334 e. The van der Waals surface area contributed by atoms with Crippen molar-refractivity contribution in [1.29, 1.82) is 0 Å². The molecule has 23 heavy (non-hydrogen) atoms. The number of carbonyl (C=O) groups excluding carboxylic acids is 2. The summed E-state index contributed by atoms with van der Waals surface area (Å²) in [6.45, 7) is 8.75. The van der Waals surface area contributed by atoms with E-state index in [9.17, 15) is 19.7 Å². The average Bonchev–Trinajstić information content (AvgIpc) is 2.45. The molecule has 0 aromatic heterocycles. The van der Waals surface area contributed by atoms with Gasteiger partial charge in [0.15, 0.2) is 0 Å². The van der Waals surface area contributed by atoms with Crippen LogP contribution in [0.25, 0.3) is 0 Å². The Hall–Kier alpha value is -2.44. The molecule has 2 amide bonds. The van der Waals surface area contributed by atoms with E-state index >= 15 is 0 Å². The molecule has 126 valence electrons. The predicted octanol–water partition coefficient (Wildman–Crippen LogP) is 2.67. The summed E-state index contributed by atoms with van der Waals surface area (Å²) < 4.78 is 0. The van der Waals surface area contributed by atoms with Crippen molar-refractivity contribution in [3.05, 3.63) is 34.4 Å². The van der Waals surface area contributed by atoms with Crippen molar-refractivity contribution >= 4 is 23.2 Å². The number of amides is 2. The number of rotatable bonds is 6. The summed E-state index contributed by atoms with van der Waals surface area (Å²) in [7, 11) is 0. The fourth-order valence-corrected chi connectivity index (χ4v) is 2.18. The fourth-order valence-electron chi connectivity index (χ4n) is 2.18. The summed E-state index contributed by atoms with van der Waals surface area (Å²) in [5, 5.41) is 13.3. The normalized spacial score (nSPS) is 10.7. The minimum absolute atomic E-state index is 0.0184. The highest BCUT2D eigenvalue weighted by Crippen LogP contribution is 2.23. The molecule has 0 radical (unpaired) electrons. The van der Waals surface area contributed by atoms with Gasteiger partial charge in [0.2, 0.25) is 0 Å². The Balaban J connectivity index is 2.90. The second-order valence-corrected chi connectivity index (χ2v) is 6.23. The van der Waals surface area contributed by atoms with Gasteiger partial charge in [-0.25, -0.2) is 0 Å². The first kappa shape index (κ1) is 18.6. The van der Waals surface area contributed by atoms with Crippen LogP contribution in [0.1, 0.15) is 27.7 Å². The van der Waals surface area contributed by atoms with E-state index in [2.05, 4.69) is 5.32 Å². The van der Waals surface area contributed by atoms with E-state index in [1.807, 2.05) is 27.7 Å². The molecule has 1 aromatic carbocycles. The quantitative estimate of drug-likeness (QED) is 0.495. The predicted molar refractivity (Wildman–Crippen MR) is 88.0 cm³/mol. The van der Waals surface area contributed by atoms with Crippen molar-refractivity contribution in [2.75, 3.05) is 18.4 Å². The van der Waals surface area contributed by atoms with Gasteiger partial charge in [0, 0.05) is 19.2 Å². The molecule has 0 saturated heterocycles. The molecule has 7 nitrogen and oxygen atoms in total. The molecule has 7 heteroatoms. The Morgan fingerprint density at radius 1 is 1.13 bits per heavy atom. The van der Waals surface area contributed by atoms with Crippen molar-refractivity contribution in [2.24, 2.45) is 11.8 Å². The van der Waals surface area contributed by atoms with Crippen molar-refractivity contribution in [2.45, 2.75) is 27.7 Å². The first-order valence-electron chi connectivity index (χ1n) is 7.56. The Bertz CT molecular complexity index is 574. The van der Waals surface area contributed by atoms with Crippen molar-refractivity contribution in [3.8, 4) is 0 Å². The van der Waals surface area contributed by atoms with Crippen LogP contribution in [0.4, 0.5) is 11.4 Å². The lowest BCUT2D eigenvalue weighted by molar-refractivity contribution is -0.383. The molecular weight excluding hydrogens is 298 g/mol. The van der Waals surface area contributed by atoms with E-state index < -0.39 is 16.7 Å². The maximum Gasteiger partial charge on any atom is 0.314 e. The van der Waals surface area contributed by atoms with E-state index in [4.69, 9.17) is 0 Å². The fraction of sp³-hybridized carbons (Fsp3) is 0.500. The van der Waals surface area contributed by atoms with E-state index in [0.717, 1.165) is 0 Å². The van der Waals surface area contributed by atoms with Crippen molar-refractivity contribution in [3.63, 3.8) is 0 Å². The van der Waals surface area contributed by atoms with Crippen LogP contribution in [0.5, 0.6) is 0 Å². The number of nitro benzene ring substituents is 1. The summed E-state index contributed by atoms with van der Waals surface area (Å²) in [6, 6.07) is 5.74. The van der Waals surface area contributed by atoms with Crippen molar-refractivity contribution < 1.29 is 14.5 Å². The Morgan fingerprint density at radius 2 is 1.65 bits per heavy atom. The molecule has 0 atom stereocenters. The summed E-state index contributed by atoms with van der Waals surface area (Å²) in [6.07, 6.45) is 0. The number of hydrogen-bond donors (Lipinski definition) is 1. The highest BCUT2D eigenvalue weighted by Gasteiger charge is 2.25. The molecule has 0 heterocycles. The van der Waals surface area contributed by atoms with E-state index in [1.165, 1.54) is 23.1 Å². The van der Waals surface area contributed by atoms with Crippen LogP contribution >= 0.6 is 0 Å². The molecule has 1 N–H and O–H groups in total. The number of anilines is 1. The van der Waals surface area contributed by atoms with Crippen molar-refractivity contribution in [1.82, 2.24) is 4.90 Å². The second kappa shape index (κ2) is 8.26. The zero-order valence-corrected chi connectivity index (χ0v) is 13.9. The van der Waals surface area contributed by atoms with Gasteiger partial charge in [-0.3, -0.25) is 19.7 Å².